The van der Waals surface area contributed by atoms with E-state index < -0.39 is 27.6 Å². The largest absolute Gasteiger partial charge is 0.416 e. The predicted octanol–water partition coefficient (Wildman–Crippen LogP) is 2.14. The molecule has 0 amide bonds. The molecule has 0 aliphatic carbocycles. The third kappa shape index (κ3) is 3.27. The Morgan fingerprint density at radius 1 is 1.32 bits per heavy atom. The van der Waals surface area contributed by atoms with Crippen molar-refractivity contribution < 1.29 is 21.6 Å². The molecule has 1 aromatic carbocycles. The Morgan fingerprint density at radius 3 is 2.53 bits per heavy atom. The molecule has 1 heterocycles. The van der Waals surface area contributed by atoms with E-state index in [-0.39, 0.29) is 17.4 Å². The molecular formula is C12H14F3NO2S. The highest BCUT2D eigenvalue weighted by atomic mass is 32.2. The fourth-order valence-corrected chi connectivity index (χ4v) is 4.16. The Labute approximate surface area is 109 Å². The molecule has 1 fully saturated rings. The second-order valence-electron chi connectivity index (χ2n) is 4.81. The highest BCUT2D eigenvalue weighted by molar-refractivity contribution is 7.91. The van der Waals surface area contributed by atoms with E-state index in [0.29, 0.717) is 12.0 Å². The van der Waals surface area contributed by atoms with Crippen molar-refractivity contribution in [1.82, 2.24) is 0 Å². The van der Waals surface area contributed by atoms with Gasteiger partial charge in [-0.25, -0.2) is 8.42 Å². The fraction of sp³-hybridized carbons (Fsp3) is 0.500. The van der Waals surface area contributed by atoms with Crippen LogP contribution >= 0.6 is 0 Å². The van der Waals surface area contributed by atoms with Crippen LogP contribution in [0.3, 0.4) is 0 Å². The summed E-state index contributed by atoms with van der Waals surface area (Å²) in [6.45, 7) is 0. The first-order valence-corrected chi connectivity index (χ1v) is 7.64. The van der Waals surface area contributed by atoms with Gasteiger partial charge in [-0.1, -0.05) is 12.1 Å². The monoisotopic (exact) mass is 293 g/mol. The molecule has 0 bridgehead atoms. The Morgan fingerprint density at radius 2 is 2.00 bits per heavy atom. The summed E-state index contributed by atoms with van der Waals surface area (Å²) in [5.41, 5.74) is 5.47. The zero-order valence-corrected chi connectivity index (χ0v) is 10.8. The van der Waals surface area contributed by atoms with Crippen molar-refractivity contribution in [2.75, 3.05) is 11.5 Å². The van der Waals surface area contributed by atoms with Gasteiger partial charge in [-0.2, -0.15) is 13.2 Å². The van der Waals surface area contributed by atoms with Crippen molar-refractivity contribution in [3.05, 3.63) is 35.4 Å². The van der Waals surface area contributed by atoms with Crippen LogP contribution < -0.4 is 5.73 Å². The van der Waals surface area contributed by atoms with Gasteiger partial charge >= 0.3 is 6.18 Å². The summed E-state index contributed by atoms with van der Waals surface area (Å²) in [6, 6.07) is 4.09. The van der Waals surface area contributed by atoms with Gasteiger partial charge in [-0.05, 0) is 30.0 Å². The zero-order valence-electron chi connectivity index (χ0n) is 10.0. The molecule has 7 heteroatoms. The van der Waals surface area contributed by atoms with Crippen molar-refractivity contribution in [3.8, 4) is 0 Å². The van der Waals surface area contributed by atoms with Crippen LogP contribution in [0.25, 0.3) is 0 Å². The number of nitrogens with two attached hydrogens (primary N) is 1. The van der Waals surface area contributed by atoms with Crippen LogP contribution in [0.1, 0.15) is 23.6 Å². The van der Waals surface area contributed by atoms with Gasteiger partial charge in [-0.15, -0.1) is 0 Å². The molecule has 19 heavy (non-hydrogen) atoms. The van der Waals surface area contributed by atoms with Gasteiger partial charge in [0, 0.05) is 6.04 Å². The lowest BCUT2D eigenvalue weighted by Gasteiger charge is -2.19. The van der Waals surface area contributed by atoms with E-state index in [2.05, 4.69) is 0 Å². The first-order valence-electron chi connectivity index (χ1n) is 5.82. The summed E-state index contributed by atoms with van der Waals surface area (Å²) < 4.78 is 60.5. The molecule has 2 N–H and O–H groups in total. The molecule has 1 aliphatic rings. The van der Waals surface area contributed by atoms with E-state index in [1.165, 1.54) is 12.1 Å². The molecule has 2 unspecified atom stereocenters. The van der Waals surface area contributed by atoms with Crippen LogP contribution in [-0.2, 0) is 16.0 Å². The zero-order chi connectivity index (χ0) is 14.3. The number of hydrogen-bond acceptors (Lipinski definition) is 3. The van der Waals surface area contributed by atoms with E-state index in [4.69, 9.17) is 5.73 Å². The summed E-state index contributed by atoms with van der Waals surface area (Å²) in [5, 5.41) is 0. The lowest BCUT2D eigenvalue weighted by Crippen LogP contribution is -2.23. The number of rotatable bonds is 2. The van der Waals surface area contributed by atoms with Crippen molar-refractivity contribution in [1.29, 1.82) is 0 Å². The van der Waals surface area contributed by atoms with E-state index in [1.807, 2.05) is 0 Å². The van der Waals surface area contributed by atoms with Crippen LogP contribution in [0.15, 0.2) is 24.3 Å². The predicted molar refractivity (Wildman–Crippen MR) is 65.1 cm³/mol. The summed E-state index contributed by atoms with van der Waals surface area (Å²) >= 11 is 0. The van der Waals surface area contributed by atoms with Gasteiger partial charge in [-0.3, -0.25) is 0 Å². The van der Waals surface area contributed by atoms with Crippen LogP contribution in [0.2, 0.25) is 0 Å². The topological polar surface area (TPSA) is 60.2 Å². The first-order chi connectivity index (χ1) is 8.69. The van der Waals surface area contributed by atoms with Gasteiger partial charge in [0.05, 0.1) is 17.1 Å². The Kier molecular flexibility index (Phi) is 3.61. The maximum absolute atomic E-state index is 12.6. The third-order valence-corrected chi connectivity index (χ3v) is 5.17. The molecule has 0 spiro atoms. The van der Waals surface area contributed by atoms with Crippen molar-refractivity contribution in [2.45, 2.75) is 18.6 Å². The van der Waals surface area contributed by atoms with Crippen LogP contribution in [0.5, 0.6) is 0 Å². The van der Waals surface area contributed by atoms with Crippen LogP contribution in [0, 0.1) is 5.92 Å². The highest BCUT2D eigenvalue weighted by Crippen LogP contribution is 2.34. The second kappa shape index (κ2) is 4.79. The minimum Gasteiger partial charge on any atom is -0.324 e. The minimum atomic E-state index is -4.42. The number of benzene rings is 1. The van der Waals surface area contributed by atoms with Crippen molar-refractivity contribution in [2.24, 2.45) is 11.7 Å². The number of halogens is 3. The number of alkyl halides is 3. The molecule has 1 aromatic rings. The molecule has 0 saturated carbocycles. The number of sulfone groups is 1. The normalized spacial score (nSPS) is 24.3. The number of hydrogen-bond donors (Lipinski definition) is 1. The molecule has 2 atom stereocenters. The molecule has 2 rings (SSSR count). The van der Waals surface area contributed by atoms with Gasteiger partial charge in [0.2, 0.25) is 0 Å². The molecule has 3 nitrogen and oxygen atoms in total. The Balaban J connectivity index is 2.23. The molecular weight excluding hydrogens is 279 g/mol. The Hall–Kier alpha value is -1.08. The SMILES string of the molecule is NC(c1cccc(C(F)(F)F)c1)C1CCS(=O)(=O)C1. The molecule has 1 saturated heterocycles. The molecule has 0 radical (unpaired) electrons. The molecule has 0 aromatic heterocycles. The second-order valence-corrected chi connectivity index (χ2v) is 7.04. The van der Waals surface area contributed by atoms with Gasteiger partial charge < -0.3 is 5.73 Å². The summed E-state index contributed by atoms with van der Waals surface area (Å²) in [5.74, 6) is -0.303. The summed E-state index contributed by atoms with van der Waals surface area (Å²) in [6.07, 6.45) is -4.02. The van der Waals surface area contributed by atoms with E-state index in [0.717, 1.165) is 12.1 Å². The quantitative estimate of drug-likeness (QED) is 0.908. The van der Waals surface area contributed by atoms with Gasteiger partial charge in [0.15, 0.2) is 9.84 Å². The van der Waals surface area contributed by atoms with Crippen molar-refractivity contribution in [3.63, 3.8) is 0 Å². The molecule has 106 valence electrons. The van der Waals surface area contributed by atoms with Crippen molar-refractivity contribution >= 4 is 9.84 Å². The smallest absolute Gasteiger partial charge is 0.324 e. The van der Waals surface area contributed by atoms with Gasteiger partial charge in [0.1, 0.15) is 0 Å². The Bertz CT molecular complexity index is 569. The average molecular weight is 293 g/mol. The lowest BCUT2D eigenvalue weighted by molar-refractivity contribution is -0.137. The van der Waals surface area contributed by atoms with Crippen LogP contribution in [0.4, 0.5) is 13.2 Å². The molecule has 1 aliphatic heterocycles. The van der Waals surface area contributed by atoms with Crippen LogP contribution in [-0.4, -0.2) is 19.9 Å². The maximum atomic E-state index is 12.6. The average Bonchev–Trinajstić information content (AvgIpc) is 2.68. The van der Waals surface area contributed by atoms with E-state index in [1.54, 1.807) is 0 Å². The fourth-order valence-electron chi connectivity index (χ4n) is 2.30. The standard InChI is InChI=1S/C12H14F3NO2S/c13-12(14,15)10-3-1-2-8(6-10)11(16)9-4-5-19(17,18)7-9/h1-3,6,9,11H,4-5,7,16H2. The minimum absolute atomic E-state index is 0.0512. The lowest BCUT2D eigenvalue weighted by atomic mass is 9.92. The third-order valence-electron chi connectivity index (χ3n) is 3.37. The first kappa shape index (κ1) is 14.3. The summed E-state index contributed by atoms with van der Waals surface area (Å²) in [7, 11) is -3.09. The maximum Gasteiger partial charge on any atom is 0.416 e. The van der Waals surface area contributed by atoms with Gasteiger partial charge in [0.25, 0.3) is 0 Å². The van der Waals surface area contributed by atoms with E-state index >= 15 is 0 Å². The summed E-state index contributed by atoms with van der Waals surface area (Å²) in [4.78, 5) is 0. The highest BCUT2D eigenvalue weighted by Gasteiger charge is 2.34. The van der Waals surface area contributed by atoms with E-state index in [9.17, 15) is 21.6 Å².